The van der Waals surface area contributed by atoms with Gasteiger partial charge >= 0.3 is 6.18 Å². The molecular formula is C32H37F3N8O2. The topological polar surface area (TPSA) is 83.8 Å². The smallest absolute Gasteiger partial charge is 0.379 e. The summed E-state index contributed by atoms with van der Waals surface area (Å²) in [5, 5.41) is 3.47. The number of alkyl halides is 3. The quantitative estimate of drug-likeness (QED) is 0.313. The fourth-order valence-corrected chi connectivity index (χ4v) is 6.36. The van der Waals surface area contributed by atoms with Gasteiger partial charge in [0.25, 0.3) is 0 Å². The Kier molecular flexibility index (Phi) is 8.47. The largest absolute Gasteiger partial charge is 0.416 e. The van der Waals surface area contributed by atoms with E-state index < -0.39 is 11.7 Å². The van der Waals surface area contributed by atoms with E-state index in [-0.39, 0.29) is 0 Å². The van der Waals surface area contributed by atoms with Gasteiger partial charge in [-0.3, -0.25) is 4.90 Å². The average Bonchev–Trinajstić information content (AvgIpc) is 3.48. The van der Waals surface area contributed by atoms with Crippen LogP contribution in [0.4, 0.5) is 36.3 Å². The maximum Gasteiger partial charge on any atom is 0.416 e. The lowest BCUT2D eigenvalue weighted by Gasteiger charge is -2.40. The van der Waals surface area contributed by atoms with E-state index in [1.165, 1.54) is 12.1 Å². The van der Waals surface area contributed by atoms with Gasteiger partial charge in [-0.15, -0.1) is 0 Å². The van der Waals surface area contributed by atoms with E-state index in [9.17, 15) is 13.2 Å². The van der Waals surface area contributed by atoms with Crippen LogP contribution in [0.1, 0.15) is 24.0 Å². The first-order chi connectivity index (χ1) is 21.9. The fraction of sp³-hybridized carbons (Fsp3) is 0.469. The highest BCUT2D eigenvalue weighted by Crippen LogP contribution is 2.31. The van der Waals surface area contributed by atoms with Gasteiger partial charge in [0.15, 0.2) is 17.0 Å². The lowest BCUT2D eigenvalue weighted by Crippen LogP contribution is -2.49. The number of nitrogens with one attached hydrogen (secondary N) is 1. The molecule has 13 heteroatoms. The van der Waals surface area contributed by atoms with Gasteiger partial charge in [-0.05, 0) is 54.8 Å². The third-order valence-corrected chi connectivity index (χ3v) is 8.90. The highest BCUT2D eigenvalue weighted by molar-refractivity contribution is 5.87. The summed E-state index contributed by atoms with van der Waals surface area (Å²) < 4.78 is 52.3. The summed E-state index contributed by atoms with van der Waals surface area (Å²) >= 11 is 0. The minimum Gasteiger partial charge on any atom is -0.379 e. The second kappa shape index (κ2) is 12.8. The van der Waals surface area contributed by atoms with E-state index in [1.807, 2.05) is 16.7 Å². The van der Waals surface area contributed by atoms with Crippen LogP contribution < -0.4 is 15.1 Å². The zero-order chi connectivity index (χ0) is 30.8. The van der Waals surface area contributed by atoms with Gasteiger partial charge in [0.05, 0.1) is 44.9 Å². The van der Waals surface area contributed by atoms with Crippen LogP contribution >= 0.6 is 0 Å². The third-order valence-electron chi connectivity index (χ3n) is 8.90. The van der Waals surface area contributed by atoms with Crippen LogP contribution in [-0.2, 0) is 22.2 Å². The van der Waals surface area contributed by atoms with Crippen LogP contribution in [0.5, 0.6) is 0 Å². The number of aromatic nitrogens is 4. The summed E-state index contributed by atoms with van der Waals surface area (Å²) in [6.07, 6.45) is -0.674. The maximum atomic E-state index is 13.1. The van der Waals surface area contributed by atoms with Crippen molar-refractivity contribution >= 4 is 34.3 Å². The Balaban J connectivity index is 1.16. The number of hydrogen-bond donors (Lipinski definition) is 1. The number of halogens is 3. The molecule has 2 aromatic carbocycles. The highest BCUT2D eigenvalue weighted by atomic mass is 19.4. The summed E-state index contributed by atoms with van der Waals surface area (Å²) in [6, 6.07) is 14.0. The molecule has 0 saturated carbocycles. The number of imidazole rings is 1. The molecule has 7 rings (SSSR count). The second-order valence-electron chi connectivity index (χ2n) is 11.7. The number of hydrogen-bond acceptors (Lipinski definition) is 9. The Morgan fingerprint density at radius 1 is 0.778 bits per heavy atom. The van der Waals surface area contributed by atoms with Crippen LogP contribution in [0.2, 0.25) is 0 Å². The summed E-state index contributed by atoms with van der Waals surface area (Å²) in [5.41, 5.74) is 3.30. The second-order valence-corrected chi connectivity index (χ2v) is 11.7. The van der Waals surface area contributed by atoms with E-state index in [0.717, 1.165) is 108 Å². The number of benzene rings is 2. The van der Waals surface area contributed by atoms with Crippen molar-refractivity contribution in [1.29, 1.82) is 0 Å². The standard InChI is InChI=1S/C32H37F3N8O2/c33-32(34,35)24-3-1-23(2-4-24)21-43-22-36-28-29(37-25-5-7-26(8-6-25)40-13-17-44-18-14-40)38-31(39-30(28)43)42-11-9-27(10-12-42)41-15-19-45-20-16-41/h1-8,22,27H,9-21H2,(H,37,38,39). The monoisotopic (exact) mass is 622 g/mol. The van der Waals surface area contributed by atoms with Crippen LogP contribution in [0.3, 0.4) is 0 Å². The Bertz CT molecular complexity index is 1580. The number of anilines is 4. The lowest BCUT2D eigenvalue weighted by atomic mass is 10.0. The molecule has 45 heavy (non-hydrogen) atoms. The van der Waals surface area contributed by atoms with E-state index >= 15 is 0 Å². The Labute approximate surface area is 259 Å². The van der Waals surface area contributed by atoms with Crippen molar-refractivity contribution in [1.82, 2.24) is 24.4 Å². The number of fused-ring (bicyclic) bond motifs is 1. The summed E-state index contributed by atoms with van der Waals surface area (Å²) in [7, 11) is 0. The summed E-state index contributed by atoms with van der Waals surface area (Å²) in [4.78, 5) is 21.6. The van der Waals surface area contributed by atoms with Crippen molar-refractivity contribution in [2.45, 2.75) is 31.6 Å². The molecule has 0 amide bonds. The molecule has 0 radical (unpaired) electrons. The van der Waals surface area contributed by atoms with Gasteiger partial charge < -0.3 is 29.2 Å². The molecule has 238 valence electrons. The zero-order valence-electron chi connectivity index (χ0n) is 25.0. The lowest BCUT2D eigenvalue weighted by molar-refractivity contribution is -0.137. The number of nitrogens with zero attached hydrogens (tertiary/aromatic N) is 7. The van der Waals surface area contributed by atoms with Gasteiger partial charge in [-0.1, -0.05) is 12.1 Å². The van der Waals surface area contributed by atoms with Crippen LogP contribution in [0.15, 0.2) is 54.9 Å². The van der Waals surface area contributed by atoms with E-state index in [1.54, 1.807) is 6.33 Å². The molecule has 3 aliphatic rings. The van der Waals surface area contributed by atoms with Crippen molar-refractivity contribution < 1.29 is 22.6 Å². The molecular weight excluding hydrogens is 585 g/mol. The minimum atomic E-state index is -4.38. The Morgan fingerprint density at radius 2 is 1.44 bits per heavy atom. The van der Waals surface area contributed by atoms with Gasteiger partial charge in [-0.2, -0.15) is 23.1 Å². The molecule has 5 heterocycles. The van der Waals surface area contributed by atoms with Gasteiger partial charge in [0, 0.05) is 56.7 Å². The average molecular weight is 623 g/mol. The van der Waals surface area contributed by atoms with Gasteiger partial charge in [0.2, 0.25) is 5.95 Å². The van der Waals surface area contributed by atoms with Crippen molar-refractivity contribution in [3.8, 4) is 0 Å². The predicted octanol–water partition coefficient (Wildman–Crippen LogP) is 4.77. The molecule has 1 N–H and O–H groups in total. The number of ether oxygens (including phenoxy) is 2. The fourth-order valence-electron chi connectivity index (χ4n) is 6.36. The Morgan fingerprint density at radius 3 is 2.11 bits per heavy atom. The maximum absolute atomic E-state index is 13.1. The molecule has 0 unspecified atom stereocenters. The normalized spacial score (nSPS) is 18.9. The summed E-state index contributed by atoms with van der Waals surface area (Å²) in [5.74, 6) is 1.21. The molecule has 4 aromatic rings. The molecule has 10 nitrogen and oxygen atoms in total. The van der Waals surface area contributed by atoms with Crippen molar-refractivity contribution in [3.05, 3.63) is 66.0 Å². The predicted molar refractivity (Wildman–Crippen MR) is 166 cm³/mol. The van der Waals surface area contributed by atoms with E-state index in [4.69, 9.17) is 19.4 Å². The van der Waals surface area contributed by atoms with E-state index in [0.29, 0.717) is 35.5 Å². The molecule has 3 aliphatic heterocycles. The zero-order valence-corrected chi connectivity index (χ0v) is 25.0. The summed E-state index contributed by atoms with van der Waals surface area (Å²) in [6.45, 7) is 8.66. The van der Waals surface area contributed by atoms with Crippen LogP contribution in [0, 0.1) is 0 Å². The minimum absolute atomic E-state index is 0.331. The Hall–Kier alpha value is -3.94. The number of piperidine rings is 1. The molecule has 2 aromatic heterocycles. The van der Waals surface area contributed by atoms with Crippen molar-refractivity contribution in [3.63, 3.8) is 0 Å². The highest BCUT2D eigenvalue weighted by Gasteiger charge is 2.30. The third kappa shape index (κ3) is 6.70. The first-order valence-electron chi connectivity index (χ1n) is 15.6. The number of rotatable bonds is 7. The molecule has 0 aliphatic carbocycles. The van der Waals surface area contributed by atoms with Crippen LogP contribution in [0.25, 0.3) is 11.2 Å². The van der Waals surface area contributed by atoms with Gasteiger partial charge in [0.1, 0.15) is 0 Å². The molecule has 3 fully saturated rings. The van der Waals surface area contributed by atoms with Crippen molar-refractivity contribution in [2.24, 2.45) is 0 Å². The molecule has 0 bridgehead atoms. The van der Waals surface area contributed by atoms with E-state index in [2.05, 4.69) is 37.1 Å². The van der Waals surface area contributed by atoms with Gasteiger partial charge in [-0.25, -0.2) is 4.98 Å². The first-order valence-corrected chi connectivity index (χ1v) is 15.6. The molecule has 0 atom stereocenters. The molecule has 3 saturated heterocycles. The number of morpholine rings is 2. The first kappa shape index (κ1) is 29.8. The van der Waals surface area contributed by atoms with Crippen molar-refractivity contribution in [2.75, 3.05) is 80.8 Å². The SMILES string of the molecule is FC(F)(F)c1ccc(Cn2cnc3c(Nc4ccc(N5CCOCC5)cc4)nc(N4CCC(N5CCOCC5)CC4)nc32)cc1. The molecule has 0 spiro atoms. The van der Waals surface area contributed by atoms with Crippen LogP contribution in [-0.4, -0.2) is 96.2 Å².